The summed E-state index contributed by atoms with van der Waals surface area (Å²) in [5.74, 6) is 0.325. The van der Waals surface area contributed by atoms with Crippen LogP contribution in [0.2, 0.25) is 0 Å². The maximum Gasteiger partial charge on any atom is 0.171 e. The first-order valence-corrected chi connectivity index (χ1v) is 7.60. The number of fused-ring (bicyclic) bond motifs is 1. The highest BCUT2D eigenvalue weighted by molar-refractivity contribution is 6.02. The van der Waals surface area contributed by atoms with Crippen LogP contribution in [0.15, 0.2) is 24.7 Å². The van der Waals surface area contributed by atoms with E-state index in [1.165, 1.54) is 0 Å². The van der Waals surface area contributed by atoms with Crippen molar-refractivity contribution in [1.29, 1.82) is 0 Å². The van der Waals surface area contributed by atoms with Gasteiger partial charge in [-0.25, -0.2) is 9.50 Å². The van der Waals surface area contributed by atoms with Crippen molar-refractivity contribution in [3.8, 4) is 0 Å². The summed E-state index contributed by atoms with van der Waals surface area (Å²) < 4.78 is 1.67. The molecule has 0 N–H and O–H groups in total. The lowest BCUT2D eigenvalue weighted by molar-refractivity contribution is 0.0904. The Bertz CT molecular complexity index is 554. The number of carbonyl (C=O) groups is 1. The average Bonchev–Trinajstić information content (AvgIpc) is 2.91. The SMILES string of the molecule is CCCCC(CCCC)C(=O)c1cnn2cccnc12. The number of aromatic nitrogens is 3. The molecule has 0 aliphatic rings. The molecule has 4 heteroatoms. The highest BCUT2D eigenvalue weighted by Gasteiger charge is 2.22. The van der Waals surface area contributed by atoms with Gasteiger partial charge in [0.2, 0.25) is 0 Å². The molecule has 20 heavy (non-hydrogen) atoms. The first-order valence-electron chi connectivity index (χ1n) is 7.60. The van der Waals surface area contributed by atoms with Crippen LogP contribution in [0.25, 0.3) is 5.65 Å². The van der Waals surface area contributed by atoms with Gasteiger partial charge in [0.15, 0.2) is 11.4 Å². The third kappa shape index (κ3) is 3.24. The van der Waals surface area contributed by atoms with Crippen LogP contribution < -0.4 is 0 Å². The van der Waals surface area contributed by atoms with Gasteiger partial charge in [0.25, 0.3) is 0 Å². The zero-order chi connectivity index (χ0) is 14.4. The summed E-state index contributed by atoms with van der Waals surface area (Å²) in [5, 5.41) is 4.22. The topological polar surface area (TPSA) is 47.3 Å². The number of ketones is 1. The number of hydrogen-bond acceptors (Lipinski definition) is 3. The molecule has 0 saturated heterocycles. The van der Waals surface area contributed by atoms with Crippen LogP contribution in [-0.2, 0) is 0 Å². The Labute approximate surface area is 120 Å². The van der Waals surface area contributed by atoms with E-state index in [0.29, 0.717) is 11.2 Å². The molecule has 4 nitrogen and oxygen atoms in total. The van der Waals surface area contributed by atoms with Crippen molar-refractivity contribution in [1.82, 2.24) is 14.6 Å². The minimum atomic E-state index is 0.116. The summed E-state index contributed by atoms with van der Waals surface area (Å²) in [6.07, 6.45) is 11.6. The molecular weight excluding hydrogens is 250 g/mol. The summed E-state index contributed by atoms with van der Waals surface area (Å²) in [4.78, 5) is 17.0. The highest BCUT2D eigenvalue weighted by Crippen LogP contribution is 2.22. The predicted molar refractivity (Wildman–Crippen MR) is 79.9 cm³/mol. The van der Waals surface area contributed by atoms with E-state index in [4.69, 9.17) is 0 Å². The van der Waals surface area contributed by atoms with Gasteiger partial charge in [-0.1, -0.05) is 39.5 Å². The molecule has 0 fully saturated rings. The van der Waals surface area contributed by atoms with Crippen molar-refractivity contribution >= 4 is 11.4 Å². The zero-order valence-corrected chi connectivity index (χ0v) is 12.4. The molecule has 0 radical (unpaired) electrons. The smallest absolute Gasteiger partial charge is 0.171 e. The Morgan fingerprint density at radius 2 is 1.95 bits per heavy atom. The van der Waals surface area contributed by atoms with Gasteiger partial charge < -0.3 is 0 Å². The van der Waals surface area contributed by atoms with Crippen LogP contribution in [0.3, 0.4) is 0 Å². The lowest BCUT2D eigenvalue weighted by atomic mass is 9.89. The Hall–Kier alpha value is -1.71. The second kappa shape index (κ2) is 7.17. The van der Waals surface area contributed by atoms with Crippen LogP contribution in [0.5, 0.6) is 0 Å². The Kier molecular flexibility index (Phi) is 5.27. The van der Waals surface area contributed by atoms with Gasteiger partial charge in [-0.15, -0.1) is 0 Å². The number of carbonyl (C=O) groups excluding carboxylic acids is 1. The normalized spacial score (nSPS) is 11.3. The molecule has 0 bridgehead atoms. The number of rotatable bonds is 8. The summed E-state index contributed by atoms with van der Waals surface area (Å²) in [6.45, 7) is 4.33. The molecule has 2 rings (SSSR count). The van der Waals surface area contributed by atoms with Gasteiger partial charge in [-0.05, 0) is 18.9 Å². The molecule has 0 atom stereocenters. The lowest BCUT2D eigenvalue weighted by Crippen LogP contribution is -2.15. The van der Waals surface area contributed by atoms with Gasteiger partial charge in [-0.2, -0.15) is 5.10 Å². The third-order valence-electron chi connectivity index (χ3n) is 3.73. The first-order chi connectivity index (χ1) is 9.77. The molecule has 0 unspecified atom stereocenters. The van der Waals surface area contributed by atoms with Gasteiger partial charge in [0.05, 0.1) is 11.8 Å². The van der Waals surface area contributed by atoms with Crippen LogP contribution >= 0.6 is 0 Å². The molecular formula is C16H23N3O. The maximum absolute atomic E-state index is 12.7. The zero-order valence-electron chi connectivity index (χ0n) is 12.4. The Morgan fingerprint density at radius 1 is 1.25 bits per heavy atom. The molecule has 0 aromatic carbocycles. The Morgan fingerprint density at radius 3 is 2.60 bits per heavy atom. The maximum atomic E-state index is 12.7. The van der Waals surface area contributed by atoms with Gasteiger partial charge in [-0.3, -0.25) is 4.79 Å². The van der Waals surface area contributed by atoms with Crippen LogP contribution in [0.4, 0.5) is 0 Å². The van der Waals surface area contributed by atoms with Gasteiger partial charge >= 0.3 is 0 Å². The van der Waals surface area contributed by atoms with Crippen LogP contribution in [0, 0.1) is 5.92 Å². The van der Waals surface area contributed by atoms with Gasteiger partial charge in [0.1, 0.15) is 0 Å². The number of unbranched alkanes of at least 4 members (excludes halogenated alkanes) is 2. The average molecular weight is 273 g/mol. The largest absolute Gasteiger partial charge is 0.294 e. The number of nitrogens with zero attached hydrogens (tertiary/aromatic N) is 3. The first kappa shape index (κ1) is 14.7. The second-order valence-electron chi connectivity index (χ2n) is 5.29. The molecule has 0 aliphatic heterocycles. The van der Waals surface area contributed by atoms with Crippen molar-refractivity contribution < 1.29 is 4.79 Å². The molecule has 0 amide bonds. The van der Waals surface area contributed by atoms with E-state index in [1.54, 1.807) is 16.9 Å². The second-order valence-corrected chi connectivity index (χ2v) is 5.29. The summed E-state index contributed by atoms with van der Waals surface area (Å²) in [7, 11) is 0. The molecule has 0 spiro atoms. The fourth-order valence-electron chi connectivity index (χ4n) is 2.53. The van der Waals surface area contributed by atoms with E-state index in [1.807, 2.05) is 12.3 Å². The van der Waals surface area contributed by atoms with Gasteiger partial charge in [0, 0.05) is 18.3 Å². The van der Waals surface area contributed by atoms with E-state index >= 15 is 0 Å². The van der Waals surface area contributed by atoms with E-state index in [-0.39, 0.29) is 11.7 Å². The molecule has 0 aliphatic carbocycles. The molecule has 2 aromatic rings. The van der Waals surface area contributed by atoms with E-state index in [9.17, 15) is 4.79 Å². The third-order valence-corrected chi connectivity index (χ3v) is 3.73. The van der Waals surface area contributed by atoms with Crippen molar-refractivity contribution in [2.45, 2.75) is 52.4 Å². The van der Waals surface area contributed by atoms with Crippen molar-refractivity contribution in [3.05, 3.63) is 30.2 Å². The summed E-state index contributed by atoms with van der Waals surface area (Å²) in [6, 6.07) is 1.82. The minimum absolute atomic E-state index is 0.116. The fourth-order valence-corrected chi connectivity index (χ4v) is 2.53. The van der Waals surface area contributed by atoms with Crippen molar-refractivity contribution in [2.24, 2.45) is 5.92 Å². The monoisotopic (exact) mass is 273 g/mol. The van der Waals surface area contributed by atoms with E-state index < -0.39 is 0 Å². The minimum Gasteiger partial charge on any atom is -0.294 e. The quantitative estimate of drug-likeness (QED) is 0.685. The molecule has 2 heterocycles. The van der Waals surface area contributed by atoms with Crippen LogP contribution in [-0.4, -0.2) is 20.4 Å². The predicted octanol–water partition coefficient (Wildman–Crippen LogP) is 3.91. The molecule has 0 saturated carbocycles. The highest BCUT2D eigenvalue weighted by atomic mass is 16.1. The summed E-state index contributed by atoms with van der Waals surface area (Å²) >= 11 is 0. The number of hydrogen-bond donors (Lipinski definition) is 0. The molecule has 2 aromatic heterocycles. The van der Waals surface area contributed by atoms with Crippen molar-refractivity contribution in [2.75, 3.05) is 0 Å². The number of Topliss-reactive ketones (excluding diaryl/α,β-unsaturated/α-hetero) is 1. The van der Waals surface area contributed by atoms with E-state index in [0.717, 1.165) is 38.5 Å². The standard InChI is InChI=1S/C16H23N3O/c1-3-5-8-13(9-6-4-2)15(20)14-12-18-19-11-7-10-17-16(14)19/h7,10-13H,3-6,8-9H2,1-2H3. The molecule has 108 valence electrons. The summed E-state index contributed by atoms with van der Waals surface area (Å²) in [5.41, 5.74) is 1.35. The van der Waals surface area contributed by atoms with Crippen LogP contribution in [0.1, 0.15) is 62.7 Å². The Balaban J connectivity index is 2.21. The van der Waals surface area contributed by atoms with Crippen molar-refractivity contribution in [3.63, 3.8) is 0 Å². The van der Waals surface area contributed by atoms with E-state index in [2.05, 4.69) is 23.9 Å². The fraction of sp³-hybridized carbons (Fsp3) is 0.562. The lowest BCUT2D eigenvalue weighted by Gasteiger charge is -2.14.